The third kappa shape index (κ3) is 778. The number of terminal acetylenes is 2. The van der Waals surface area contributed by atoms with Gasteiger partial charge in [0.25, 0.3) is 0 Å². The molecule has 620 valence electrons. The first-order valence-corrected chi connectivity index (χ1v) is 41.7. The Kier molecular flexibility index (Phi) is 857. The van der Waals surface area contributed by atoms with E-state index in [1.165, 1.54) is 8.86 Å². The van der Waals surface area contributed by atoms with Gasteiger partial charge in [0.1, 0.15) is 38.9 Å². The molecule has 0 saturated heterocycles. The van der Waals surface area contributed by atoms with Gasteiger partial charge in [0, 0.05) is 25.7 Å². The summed E-state index contributed by atoms with van der Waals surface area (Å²) in [6, 6.07) is 0. The van der Waals surface area contributed by atoms with Gasteiger partial charge >= 0.3 is 82.8 Å². The van der Waals surface area contributed by atoms with Crippen LogP contribution in [0.2, 0.25) is 0 Å². The number of alkyl halides is 7. The van der Waals surface area contributed by atoms with Crippen molar-refractivity contribution in [2.24, 2.45) is 0 Å². The summed E-state index contributed by atoms with van der Waals surface area (Å²) in [4.78, 5) is 30.8. The SMILES string of the molecule is C.C.C.C.C.C.C.C.C.C.C.C.C.C.C.C.C.C.C.C.C.C.C.C.C.C.C.C#CCC.C#CCO.CC.CC(I)(I)I.CC(I)I.CCC#CCO.CCC(=O)OCC#CC#CCC(=O)O.CCC(=O)OCC#CC#CCO.CCI.CCI.OCC#CC#CCO.[CH3-].[I][V]([I])[I]. The molecule has 0 spiro atoms. The van der Waals surface area contributed by atoms with Crippen molar-refractivity contribution in [3.8, 4) is 108 Å². The van der Waals surface area contributed by atoms with Gasteiger partial charge in [-0.05, 0) is 70.1 Å². The molecule has 11 nitrogen and oxygen atoms in total. The molecule has 0 heterocycles. The fraction of sp³-hybridized carbons (Fsp3) is 0.707. The van der Waals surface area contributed by atoms with Crippen LogP contribution in [-0.2, 0) is 28.8 Å². The monoisotopic (exact) mass is 2580 g/mol. The van der Waals surface area contributed by atoms with Gasteiger partial charge in [-0.25, -0.2) is 0 Å². The van der Waals surface area contributed by atoms with E-state index in [0.29, 0.717) is 12.3 Å². The van der Waals surface area contributed by atoms with Crippen LogP contribution in [0.1, 0.15) is 302 Å². The number of rotatable bonds is 5. The minimum absolute atomic E-state index is 0. The van der Waals surface area contributed by atoms with Crippen molar-refractivity contribution >= 4 is 236 Å². The number of esters is 2. The zero-order valence-corrected chi connectivity index (χ0v) is 64.6. The predicted molar refractivity (Wildman–Crippen MR) is 562 cm³/mol. The molecule has 0 aliphatic carbocycles. The van der Waals surface area contributed by atoms with Crippen LogP contribution in [0.15, 0.2) is 0 Å². The van der Waals surface area contributed by atoms with Crippen molar-refractivity contribution in [2.45, 2.75) is 303 Å². The Bertz CT molecular complexity index is 1570. The van der Waals surface area contributed by atoms with Gasteiger partial charge in [0.05, 0.1) is 1.93 Å². The standard InChI is InChI=1S/C10H10O4.C9H10O3.C6H6O2.C5H8O.C4H6.C3H4O.C2H3I3.C2H4I2.2C2H5I.C2H6.27CH4.CH3.3HI.V/c1-2-10(13)14-8-6-4-3-5-7-9(11)12;1-2-9(11)12-8-6-4-3-5-7-10;7-5-3-1-2-4-6-8;1-2-3-4-5-6;1-3-4-2;1-2-3-4;1-2(3,4)5;1-2(3)4;2*1-2-3;1-2;;;;;;;;;;;;;;;;;;;;;;;;;;;;;;;;/h2,7-8H2,1H3,(H,11,12);10H,2,7-8H2,1H3;7-8H,5-6H2;6H,2,5H2,1H3;1H,4H2,2H3;1,4H,3H2;1H3;2H,1H3;2*2H2,1H3;1-2H3;27*1H4;1H3;3*1H;/q;;;;;;;;;;;;;;;;;;;;;;;;;;;;;;;;;;;;;;-1;;;;+3/p-3. The summed E-state index contributed by atoms with van der Waals surface area (Å²) in [5.41, 5.74) is 0. The molecule has 0 atom stereocenters. The Balaban J connectivity index is -0.00000000968. The average molecular weight is 2580 g/mol. The van der Waals surface area contributed by atoms with Crippen LogP contribution in [0.25, 0.3) is 0 Å². The fourth-order valence-corrected chi connectivity index (χ4v) is 1.19. The quantitative estimate of drug-likeness (QED) is 0.0505. The van der Waals surface area contributed by atoms with Crippen LogP contribution in [-0.4, -0.2) is 105 Å². The van der Waals surface area contributed by atoms with E-state index in [0.717, 1.165) is 14.8 Å². The van der Waals surface area contributed by atoms with Crippen molar-refractivity contribution < 1.29 is 59.4 Å². The number of carboxylic acid groups (broad SMARTS) is 1. The van der Waals surface area contributed by atoms with E-state index < -0.39 is 5.97 Å². The number of carboxylic acids is 1. The number of carbonyl (C=O) groups excluding carboxylic acids is 2. The van der Waals surface area contributed by atoms with Crippen LogP contribution < -0.4 is 0 Å². The van der Waals surface area contributed by atoms with E-state index in [2.05, 4.69) is 350 Å². The zero-order valence-electron chi connectivity index (χ0n) is 41.6. The summed E-state index contributed by atoms with van der Waals surface area (Å²) in [6.07, 6.45) is 11.4. The Labute approximate surface area is 757 Å². The second-order valence-electron chi connectivity index (χ2n) is 8.70. The van der Waals surface area contributed by atoms with E-state index in [1.807, 2.05) is 33.6 Å². The number of hydrogen-bond acceptors (Lipinski definition) is 10. The first-order chi connectivity index (χ1) is 32.4. The van der Waals surface area contributed by atoms with Gasteiger partial charge in [0.2, 0.25) is 0 Å². The maximum atomic E-state index is 10.6. The third-order valence-electron chi connectivity index (χ3n) is 3.06. The minimum atomic E-state index is -0.989. The second-order valence-corrected chi connectivity index (χ2v) is 65.9. The van der Waals surface area contributed by atoms with E-state index in [4.69, 9.17) is 37.1 Å². The summed E-state index contributed by atoms with van der Waals surface area (Å²) in [5.74, 6) is 36.4. The van der Waals surface area contributed by atoms with Crippen molar-refractivity contribution in [1.29, 1.82) is 0 Å². The third-order valence-corrected chi connectivity index (χ3v) is 3.06. The molecule has 0 aromatic carbocycles. The Hall–Kier alpha value is 2.13. The van der Waals surface area contributed by atoms with Crippen molar-refractivity contribution in [2.75, 3.05) is 55.1 Å². The molecule has 0 aromatic rings. The molecule has 22 heteroatoms. The van der Waals surface area contributed by atoms with Gasteiger partial charge in [-0.3, -0.25) is 14.4 Å². The number of ether oxygens (including phenoxy) is 2. The summed E-state index contributed by atoms with van der Waals surface area (Å²) < 4.78 is 12.9. The van der Waals surface area contributed by atoms with Crippen molar-refractivity contribution in [3.05, 3.63) is 7.43 Å². The van der Waals surface area contributed by atoms with Gasteiger partial charge in [-0.2, -0.15) is 0 Å². The summed E-state index contributed by atoms with van der Waals surface area (Å²) in [7, 11) is 0. The maximum absolute atomic E-state index is 10.6. The normalized spacial score (nSPS) is 5.04. The molecule has 0 aliphatic heterocycles. The molecular weight excluding hydrogens is 2400 g/mol. The Morgan fingerprint density at radius 2 is 0.588 bits per heavy atom. The molecule has 0 amide bonds. The van der Waals surface area contributed by atoms with E-state index in [9.17, 15) is 14.4 Å². The van der Waals surface area contributed by atoms with Crippen molar-refractivity contribution in [3.63, 3.8) is 0 Å². The van der Waals surface area contributed by atoms with Crippen molar-refractivity contribution in [1.82, 2.24) is 0 Å². The molecule has 0 rings (SSSR count). The molecular formula is C75H178I10O11V-. The number of hydrogen-bond donors (Lipinski definition) is 6. The molecule has 0 bridgehead atoms. The molecule has 6 N–H and O–H groups in total. The molecule has 0 aromatic heterocycles. The van der Waals surface area contributed by atoms with Gasteiger partial charge in [-0.1, -0.05) is 450 Å². The molecule has 97 heavy (non-hydrogen) atoms. The average Bonchev–Trinajstić information content (AvgIpc) is 3.28. The van der Waals surface area contributed by atoms with Crippen LogP contribution in [0, 0.1) is 115 Å². The number of halogens is 10. The van der Waals surface area contributed by atoms with E-state index in [-0.39, 0.29) is 277 Å². The summed E-state index contributed by atoms with van der Waals surface area (Å²) in [6.45, 7) is 19.1. The van der Waals surface area contributed by atoms with Gasteiger partial charge in [-0.15, -0.1) is 24.7 Å². The number of aliphatic hydroxyl groups is 5. The van der Waals surface area contributed by atoms with E-state index >= 15 is 0 Å². The first-order valence-electron chi connectivity index (χ1n) is 19.4. The van der Waals surface area contributed by atoms with Crippen LogP contribution in [0.3, 0.4) is 0 Å². The molecule has 0 fully saturated rings. The van der Waals surface area contributed by atoms with Gasteiger partial charge < -0.3 is 47.5 Å². The Morgan fingerprint density at radius 3 is 0.701 bits per heavy atom. The van der Waals surface area contributed by atoms with Crippen LogP contribution >= 0.6 is 218 Å². The number of carbonyl (C=O) groups is 3. The summed E-state index contributed by atoms with van der Waals surface area (Å²) >= 11 is 23.7. The molecule has 0 unspecified atom stereocenters. The second kappa shape index (κ2) is 305. The molecule has 0 aliphatic rings. The van der Waals surface area contributed by atoms with Crippen LogP contribution in [0.4, 0.5) is 0 Å². The van der Waals surface area contributed by atoms with Gasteiger partial charge in [0.15, 0.2) is 13.2 Å². The predicted octanol–water partition coefficient (Wildman–Crippen LogP) is 29.7. The number of aliphatic carboxylic acids is 1. The number of aliphatic hydroxyl groups excluding tert-OH is 5. The zero-order chi connectivity index (χ0) is 57.0. The fourth-order valence-electron chi connectivity index (χ4n) is 1.19. The molecule has 0 saturated carbocycles. The first kappa shape index (κ1) is 273. The summed E-state index contributed by atoms with van der Waals surface area (Å²) in [5, 5.41) is 48.2. The van der Waals surface area contributed by atoms with Crippen LogP contribution in [0.5, 0.6) is 0 Å². The van der Waals surface area contributed by atoms with E-state index in [1.54, 1.807) is 13.8 Å². The topological polar surface area (TPSA) is 191 Å². The molecule has 0 radical (unpaired) electrons. The Morgan fingerprint density at radius 1 is 0.423 bits per heavy atom.